The molecule has 0 aliphatic carbocycles. The minimum absolute atomic E-state index is 0.00725. The molecule has 0 bridgehead atoms. The molecule has 154 valence electrons. The lowest BCUT2D eigenvalue weighted by molar-refractivity contribution is -0.133. The zero-order valence-corrected chi connectivity index (χ0v) is 17.8. The second kappa shape index (κ2) is 8.79. The van der Waals surface area contributed by atoms with E-state index >= 15 is 0 Å². The molecule has 1 saturated heterocycles. The molecule has 6 heteroatoms. The van der Waals surface area contributed by atoms with Crippen molar-refractivity contribution >= 4 is 23.2 Å². The lowest BCUT2D eigenvalue weighted by atomic mass is 9.73. The lowest BCUT2D eigenvalue weighted by Gasteiger charge is -2.42. The Balaban J connectivity index is 1.66. The Morgan fingerprint density at radius 1 is 1.17 bits per heavy atom. The number of aromatic nitrogens is 1. The van der Waals surface area contributed by atoms with Gasteiger partial charge in [-0.15, -0.1) is 11.3 Å². The van der Waals surface area contributed by atoms with Crippen LogP contribution in [0, 0.1) is 5.41 Å². The predicted molar refractivity (Wildman–Crippen MR) is 119 cm³/mol. The maximum absolute atomic E-state index is 13.1. The molecule has 2 amide bonds. The third-order valence-electron chi connectivity index (χ3n) is 5.81. The third-order valence-corrected chi connectivity index (χ3v) is 6.72. The summed E-state index contributed by atoms with van der Waals surface area (Å²) >= 11 is 1.70. The SMILES string of the molecule is CNC(=O)C1(Cc2ccccc2-c2cccs2)CCCN(C(=O)c2cccnc2)C1. The van der Waals surface area contributed by atoms with Crippen LogP contribution >= 0.6 is 11.3 Å². The van der Waals surface area contributed by atoms with Gasteiger partial charge in [-0.25, -0.2) is 0 Å². The second-order valence-corrected chi connectivity index (χ2v) is 8.69. The van der Waals surface area contributed by atoms with Crippen LogP contribution in [0.1, 0.15) is 28.8 Å². The van der Waals surface area contributed by atoms with Gasteiger partial charge in [0.25, 0.3) is 5.91 Å². The van der Waals surface area contributed by atoms with Gasteiger partial charge >= 0.3 is 0 Å². The van der Waals surface area contributed by atoms with E-state index in [0.717, 1.165) is 24.0 Å². The molecule has 0 spiro atoms. The second-order valence-electron chi connectivity index (χ2n) is 7.74. The first-order chi connectivity index (χ1) is 14.6. The molecular weight excluding hydrogens is 394 g/mol. The van der Waals surface area contributed by atoms with E-state index in [-0.39, 0.29) is 11.8 Å². The maximum Gasteiger partial charge on any atom is 0.255 e. The van der Waals surface area contributed by atoms with Crippen LogP contribution < -0.4 is 5.32 Å². The Hall–Kier alpha value is -2.99. The van der Waals surface area contributed by atoms with Gasteiger partial charge in [-0.2, -0.15) is 0 Å². The molecule has 3 heterocycles. The first kappa shape index (κ1) is 20.3. The van der Waals surface area contributed by atoms with Crippen LogP contribution in [-0.2, 0) is 11.2 Å². The fourth-order valence-corrected chi connectivity index (χ4v) is 5.15. The number of thiophene rings is 1. The van der Waals surface area contributed by atoms with E-state index in [4.69, 9.17) is 0 Å². The smallest absolute Gasteiger partial charge is 0.255 e. The van der Waals surface area contributed by atoms with Crippen molar-refractivity contribution in [2.45, 2.75) is 19.3 Å². The molecule has 4 rings (SSSR count). The first-order valence-electron chi connectivity index (χ1n) is 10.2. The van der Waals surface area contributed by atoms with Crippen molar-refractivity contribution < 1.29 is 9.59 Å². The van der Waals surface area contributed by atoms with Crippen molar-refractivity contribution in [1.29, 1.82) is 0 Å². The molecule has 30 heavy (non-hydrogen) atoms. The highest BCUT2D eigenvalue weighted by Gasteiger charge is 2.43. The summed E-state index contributed by atoms with van der Waals surface area (Å²) in [5.41, 5.74) is 2.20. The van der Waals surface area contributed by atoms with Gasteiger partial charge in [0.2, 0.25) is 5.91 Å². The number of nitrogens with zero attached hydrogens (tertiary/aromatic N) is 2. The summed E-state index contributed by atoms with van der Waals surface area (Å²) in [5.74, 6) is -0.0743. The molecule has 1 N–H and O–H groups in total. The molecule has 1 fully saturated rings. The Labute approximate surface area is 180 Å². The van der Waals surface area contributed by atoms with Gasteiger partial charge in [0.05, 0.1) is 11.0 Å². The molecule has 3 aromatic rings. The van der Waals surface area contributed by atoms with Crippen molar-refractivity contribution in [2.24, 2.45) is 5.41 Å². The fraction of sp³-hybridized carbons (Fsp3) is 0.292. The van der Waals surface area contributed by atoms with E-state index in [1.165, 1.54) is 4.88 Å². The number of rotatable bonds is 5. The Bertz CT molecular complexity index is 1020. The van der Waals surface area contributed by atoms with E-state index in [9.17, 15) is 9.59 Å². The summed E-state index contributed by atoms with van der Waals surface area (Å²) < 4.78 is 0. The third kappa shape index (κ3) is 4.00. The number of amides is 2. The van der Waals surface area contributed by atoms with Crippen LogP contribution in [0.4, 0.5) is 0 Å². The van der Waals surface area contributed by atoms with Gasteiger partial charge in [-0.1, -0.05) is 30.3 Å². The first-order valence-corrected chi connectivity index (χ1v) is 11.0. The topological polar surface area (TPSA) is 62.3 Å². The van der Waals surface area contributed by atoms with E-state index < -0.39 is 5.41 Å². The molecular formula is C24H25N3O2S. The Morgan fingerprint density at radius 2 is 2.03 bits per heavy atom. The van der Waals surface area contributed by atoms with Crippen molar-refractivity contribution in [3.63, 3.8) is 0 Å². The fourth-order valence-electron chi connectivity index (χ4n) is 4.36. The quantitative estimate of drug-likeness (QED) is 0.679. The monoisotopic (exact) mass is 419 g/mol. The van der Waals surface area contributed by atoms with E-state index in [2.05, 4.69) is 33.9 Å². The minimum Gasteiger partial charge on any atom is -0.359 e. The number of carbonyl (C=O) groups is 2. The number of nitrogens with one attached hydrogen (secondary N) is 1. The summed E-state index contributed by atoms with van der Waals surface area (Å²) in [6.45, 7) is 1.05. The van der Waals surface area contributed by atoms with Gasteiger partial charge in [0.15, 0.2) is 0 Å². The molecule has 1 aliphatic rings. The van der Waals surface area contributed by atoms with Crippen molar-refractivity contribution in [3.8, 4) is 10.4 Å². The summed E-state index contributed by atoms with van der Waals surface area (Å²) in [5, 5.41) is 4.93. The highest BCUT2D eigenvalue weighted by Crippen LogP contribution is 2.38. The number of hydrogen-bond acceptors (Lipinski definition) is 4. The Morgan fingerprint density at radius 3 is 2.77 bits per heavy atom. The maximum atomic E-state index is 13.1. The zero-order valence-electron chi connectivity index (χ0n) is 17.0. The van der Waals surface area contributed by atoms with Crippen LogP contribution in [0.3, 0.4) is 0 Å². The highest BCUT2D eigenvalue weighted by atomic mass is 32.1. The van der Waals surface area contributed by atoms with Gasteiger partial charge < -0.3 is 10.2 Å². The number of likely N-dealkylation sites (tertiary alicyclic amines) is 1. The summed E-state index contributed by atoms with van der Waals surface area (Å²) in [4.78, 5) is 33.3. The summed E-state index contributed by atoms with van der Waals surface area (Å²) in [7, 11) is 1.68. The number of carbonyl (C=O) groups excluding carboxylic acids is 2. The lowest BCUT2D eigenvalue weighted by Crippen LogP contribution is -2.54. The number of hydrogen-bond donors (Lipinski definition) is 1. The largest absolute Gasteiger partial charge is 0.359 e. The standard InChI is InChI=1S/C24H25N3O2S/c1-25-23(29)24(15-18-7-2-3-9-20(18)21-10-5-14-30-21)11-6-13-27(17-24)22(28)19-8-4-12-26-16-19/h2-5,7-10,12,14,16H,6,11,13,15,17H2,1H3,(H,25,29). The van der Waals surface area contributed by atoms with Gasteiger partial charge in [-0.3, -0.25) is 14.6 Å². The van der Waals surface area contributed by atoms with Crippen molar-refractivity contribution in [3.05, 3.63) is 77.4 Å². The molecule has 1 aromatic carbocycles. The summed E-state index contributed by atoms with van der Waals surface area (Å²) in [6, 6.07) is 15.9. The van der Waals surface area contributed by atoms with Crippen LogP contribution in [0.2, 0.25) is 0 Å². The summed E-state index contributed by atoms with van der Waals surface area (Å²) in [6.07, 6.45) is 5.38. The van der Waals surface area contributed by atoms with Gasteiger partial charge in [0.1, 0.15) is 0 Å². The van der Waals surface area contributed by atoms with Crippen LogP contribution in [0.15, 0.2) is 66.3 Å². The molecule has 5 nitrogen and oxygen atoms in total. The predicted octanol–water partition coefficient (Wildman–Crippen LogP) is 4.02. The normalized spacial score (nSPS) is 18.8. The van der Waals surface area contributed by atoms with Crippen LogP contribution in [0.25, 0.3) is 10.4 Å². The average molecular weight is 420 g/mol. The van der Waals surface area contributed by atoms with Gasteiger partial charge in [0, 0.05) is 37.4 Å². The van der Waals surface area contributed by atoms with E-state index in [0.29, 0.717) is 25.1 Å². The molecule has 0 radical (unpaired) electrons. The number of pyridine rings is 1. The number of piperidine rings is 1. The van der Waals surface area contributed by atoms with Crippen molar-refractivity contribution in [2.75, 3.05) is 20.1 Å². The molecule has 1 atom stereocenters. The minimum atomic E-state index is -0.655. The van der Waals surface area contributed by atoms with E-state index in [1.807, 2.05) is 23.1 Å². The molecule has 0 saturated carbocycles. The highest BCUT2D eigenvalue weighted by molar-refractivity contribution is 7.13. The molecule has 1 unspecified atom stereocenters. The van der Waals surface area contributed by atoms with Crippen LogP contribution in [-0.4, -0.2) is 41.8 Å². The molecule has 2 aromatic heterocycles. The Kier molecular flexibility index (Phi) is 5.95. The number of benzene rings is 1. The molecule has 1 aliphatic heterocycles. The average Bonchev–Trinajstić information content (AvgIpc) is 3.34. The van der Waals surface area contributed by atoms with Gasteiger partial charge in [-0.05, 0) is 54.0 Å². The van der Waals surface area contributed by atoms with Crippen LogP contribution in [0.5, 0.6) is 0 Å². The zero-order chi connectivity index (χ0) is 21.0. The van der Waals surface area contributed by atoms with Crippen molar-refractivity contribution in [1.82, 2.24) is 15.2 Å². The van der Waals surface area contributed by atoms with E-state index in [1.54, 1.807) is 42.9 Å².